The summed E-state index contributed by atoms with van der Waals surface area (Å²) in [4.78, 5) is 0. The van der Waals surface area contributed by atoms with Gasteiger partial charge in [0.15, 0.2) is 0 Å². The number of hydrogen-bond donors (Lipinski definition) is 0. The molecule has 0 radical (unpaired) electrons. The number of allylic oxidation sites excluding steroid dienone is 1. The lowest BCUT2D eigenvalue weighted by Crippen LogP contribution is -2.33. The van der Waals surface area contributed by atoms with Crippen molar-refractivity contribution in [2.45, 2.75) is 39.5 Å². The molecule has 0 heterocycles. The maximum Gasteiger partial charge on any atom is 0.0296 e. The molecule has 0 aromatic heterocycles. The van der Waals surface area contributed by atoms with Crippen LogP contribution in [0.5, 0.6) is 0 Å². The van der Waals surface area contributed by atoms with E-state index in [0.29, 0.717) is 0 Å². The van der Waals surface area contributed by atoms with E-state index in [0.717, 1.165) is 17.8 Å². The van der Waals surface area contributed by atoms with E-state index < -0.39 is 0 Å². The van der Waals surface area contributed by atoms with Gasteiger partial charge >= 0.3 is 0 Å². The van der Waals surface area contributed by atoms with E-state index in [4.69, 9.17) is 6.42 Å². The molecule has 0 spiro atoms. The Morgan fingerprint density at radius 2 is 2.29 bits per heavy atom. The number of terminal acetylenes is 1. The molecule has 1 aliphatic carbocycles. The second kappa shape index (κ2) is 5.74. The molecule has 1 saturated carbocycles. The third-order valence-electron chi connectivity index (χ3n) is 3.26. The summed E-state index contributed by atoms with van der Waals surface area (Å²) in [5.74, 6) is 4.93. The number of hydrogen-bond acceptors (Lipinski definition) is 0. The van der Waals surface area contributed by atoms with Crippen LogP contribution in [-0.4, -0.2) is 0 Å². The summed E-state index contributed by atoms with van der Waals surface area (Å²) in [6.45, 7) is 4.58. The maximum atomic E-state index is 5.14. The molecule has 0 saturated heterocycles. The lowest BCUT2D eigenvalue weighted by molar-refractivity contribution is 0.118. The first-order valence-electron chi connectivity index (χ1n) is 5.66. The Hall–Kier alpha value is -0.920. The van der Waals surface area contributed by atoms with Gasteiger partial charge in [0.25, 0.3) is 0 Å². The van der Waals surface area contributed by atoms with Crippen LogP contribution in [0.4, 0.5) is 0 Å². The number of rotatable bonds is 4. The van der Waals surface area contributed by atoms with E-state index in [1.165, 1.54) is 25.7 Å². The van der Waals surface area contributed by atoms with Crippen molar-refractivity contribution in [3.05, 3.63) is 17.9 Å². The molecule has 0 aromatic carbocycles. The van der Waals surface area contributed by atoms with E-state index in [-0.39, 0.29) is 0 Å². The first-order valence-corrected chi connectivity index (χ1v) is 5.66. The Morgan fingerprint density at radius 3 is 2.86 bits per heavy atom. The molecular weight excluding hydrogens is 168 g/mol. The molecule has 0 bridgehead atoms. The van der Waals surface area contributed by atoms with Gasteiger partial charge in [-0.2, -0.15) is 0 Å². The normalized spacial score (nSPS) is 29.6. The van der Waals surface area contributed by atoms with Crippen LogP contribution in [0.2, 0.25) is 0 Å². The van der Waals surface area contributed by atoms with Crippen molar-refractivity contribution in [3.63, 3.8) is 0 Å². The van der Waals surface area contributed by atoms with E-state index in [2.05, 4.69) is 31.6 Å². The quantitative estimate of drug-likeness (QED) is 0.465. The Labute approximate surface area is 88.1 Å². The minimum absolute atomic E-state index is 0.728. The Kier molecular flexibility index (Phi) is 4.57. The van der Waals surface area contributed by atoms with Gasteiger partial charge in [-0.15, -0.1) is 12.2 Å². The summed E-state index contributed by atoms with van der Waals surface area (Å²) in [6.07, 6.45) is 14.4. The van der Waals surface area contributed by atoms with Crippen molar-refractivity contribution >= 4 is 0 Å². The molecule has 1 aliphatic rings. The SMILES string of the molecule is C#CC=C=CC1C(C)CC1CCCC. The van der Waals surface area contributed by atoms with E-state index in [1.54, 1.807) is 6.08 Å². The third-order valence-corrected chi connectivity index (χ3v) is 3.26. The highest BCUT2D eigenvalue weighted by atomic mass is 14.4. The first kappa shape index (κ1) is 11.2. The van der Waals surface area contributed by atoms with Crippen LogP contribution < -0.4 is 0 Å². The van der Waals surface area contributed by atoms with E-state index in [9.17, 15) is 0 Å². The van der Waals surface area contributed by atoms with Gasteiger partial charge in [-0.1, -0.05) is 32.6 Å². The van der Waals surface area contributed by atoms with Crippen molar-refractivity contribution in [2.24, 2.45) is 17.8 Å². The van der Waals surface area contributed by atoms with Crippen LogP contribution in [0, 0.1) is 30.1 Å². The maximum absolute atomic E-state index is 5.14. The molecule has 3 unspecified atom stereocenters. The van der Waals surface area contributed by atoms with Crippen molar-refractivity contribution in [1.82, 2.24) is 0 Å². The molecule has 0 amide bonds. The Bertz CT molecular complexity index is 260. The Morgan fingerprint density at radius 1 is 1.50 bits per heavy atom. The molecule has 0 heteroatoms. The second-order valence-electron chi connectivity index (χ2n) is 4.34. The van der Waals surface area contributed by atoms with Gasteiger partial charge in [0.1, 0.15) is 0 Å². The molecule has 14 heavy (non-hydrogen) atoms. The van der Waals surface area contributed by atoms with Crippen LogP contribution in [0.25, 0.3) is 0 Å². The average Bonchev–Trinajstić information content (AvgIpc) is 2.19. The molecule has 1 fully saturated rings. The van der Waals surface area contributed by atoms with Gasteiger partial charge in [0.2, 0.25) is 0 Å². The molecule has 1 rings (SSSR count). The van der Waals surface area contributed by atoms with E-state index in [1.807, 2.05) is 0 Å². The van der Waals surface area contributed by atoms with Crippen LogP contribution in [0.15, 0.2) is 17.9 Å². The highest BCUT2D eigenvalue weighted by molar-refractivity contribution is 5.10. The second-order valence-corrected chi connectivity index (χ2v) is 4.34. The van der Waals surface area contributed by atoms with Crippen molar-refractivity contribution in [3.8, 4) is 12.3 Å². The minimum Gasteiger partial charge on any atom is -0.116 e. The fraction of sp³-hybridized carbons (Fsp3) is 0.643. The minimum atomic E-state index is 0.728. The first-order chi connectivity index (χ1) is 6.79. The van der Waals surface area contributed by atoms with Crippen molar-refractivity contribution in [2.75, 3.05) is 0 Å². The average molecular weight is 188 g/mol. The summed E-state index contributed by atoms with van der Waals surface area (Å²) >= 11 is 0. The molecule has 0 aliphatic heterocycles. The molecule has 0 N–H and O–H groups in total. The van der Waals surface area contributed by atoms with Crippen molar-refractivity contribution < 1.29 is 0 Å². The van der Waals surface area contributed by atoms with Gasteiger partial charge < -0.3 is 0 Å². The standard InChI is InChI=1S/C14H20/c1-4-6-8-10-14-12(3)11-13(14)9-7-5-2/h1,6,10,12-14H,5,7,9,11H2,2-3H3. The zero-order valence-electron chi connectivity index (χ0n) is 9.29. The predicted molar refractivity (Wildman–Crippen MR) is 61.8 cm³/mol. The summed E-state index contributed by atoms with van der Waals surface area (Å²) in [7, 11) is 0. The molecular formula is C14H20. The smallest absolute Gasteiger partial charge is 0.0296 e. The molecule has 0 aromatic rings. The van der Waals surface area contributed by atoms with Crippen molar-refractivity contribution in [1.29, 1.82) is 0 Å². The fourth-order valence-electron chi connectivity index (χ4n) is 2.34. The highest BCUT2D eigenvalue weighted by Gasteiger charge is 2.35. The summed E-state index contributed by atoms with van der Waals surface area (Å²) in [5.41, 5.74) is 3.09. The monoisotopic (exact) mass is 188 g/mol. The topological polar surface area (TPSA) is 0 Å². The molecule has 0 nitrogen and oxygen atoms in total. The molecule has 76 valence electrons. The van der Waals surface area contributed by atoms with Gasteiger partial charge in [0, 0.05) is 6.08 Å². The summed E-state index contributed by atoms with van der Waals surface area (Å²) in [6, 6.07) is 0. The van der Waals surface area contributed by atoms with Gasteiger partial charge in [-0.05, 0) is 36.7 Å². The molecule has 3 atom stereocenters. The van der Waals surface area contributed by atoms with Crippen LogP contribution in [-0.2, 0) is 0 Å². The van der Waals surface area contributed by atoms with Gasteiger partial charge in [0.05, 0.1) is 0 Å². The largest absolute Gasteiger partial charge is 0.116 e. The Balaban J connectivity index is 2.42. The fourth-order valence-corrected chi connectivity index (χ4v) is 2.34. The zero-order chi connectivity index (χ0) is 10.4. The lowest BCUT2D eigenvalue weighted by atomic mass is 9.64. The zero-order valence-corrected chi connectivity index (χ0v) is 9.29. The highest BCUT2D eigenvalue weighted by Crippen LogP contribution is 2.43. The summed E-state index contributed by atoms with van der Waals surface area (Å²) in [5, 5.41) is 0. The van der Waals surface area contributed by atoms with Crippen LogP contribution in [0.1, 0.15) is 39.5 Å². The lowest BCUT2D eigenvalue weighted by Gasteiger charge is -2.41. The third kappa shape index (κ3) is 2.79. The number of unbranched alkanes of at least 4 members (excludes halogenated alkanes) is 1. The van der Waals surface area contributed by atoms with E-state index >= 15 is 0 Å². The van der Waals surface area contributed by atoms with Gasteiger partial charge in [-0.25, -0.2) is 0 Å². The van der Waals surface area contributed by atoms with Gasteiger partial charge in [-0.3, -0.25) is 0 Å². The summed E-state index contributed by atoms with van der Waals surface area (Å²) < 4.78 is 0. The van der Waals surface area contributed by atoms with Crippen LogP contribution >= 0.6 is 0 Å². The van der Waals surface area contributed by atoms with Crippen LogP contribution in [0.3, 0.4) is 0 Å². The predicted octanol–water partition coefficient (Wildman–Crippen LogP) is 3.79.